The van der Waals surface area contributed by atoms with Gasteiger partial charge in [-0.15, -0.1) is 6.58 Å². The smallest absolute Gasteiger partial charge is 0.141 e. The van der Waals surface area contributed by atoms with E-state index in [9.17, 15) is 0 Å². The lowest BCUT2D eigenvalue weighted by Crippen LogP contribution is -2.10. The number of nitrogens with one attached hydrogen (secondary N) is 1. The molecule has 0 aliphatic rings. The first kappa shape index (κ1) is 13.2. The van der Waals surface area contributed by atoms with E-state index in [0.29, 0.717) is 0 Å². The monoisotopic (exact) mass is 253 g/mol. The summed E-state index contributed by atoms with van der Waals surface area (Å²) in [6.45, 7) is 3.84. The molecular formula is C17H19NO. The number of methoxy groups -OCH3 is 1. The highest BCUT2D eigenvalue weighted by Crippen LogP contribution is 2.29. The molecule has 0 spiro atoms. The second kappa shape index (κ2) is 6.64. The number of para-hydroxylation sites is 2. The van der Waals surface area contributed by atoms with Gasteiger partial charge in [-0.1, -0.05) is 48.5 Å². The summed E-state index contributed by atoms with van der Waals surface area (Å²) in [5.41, 5.74) is 2.24. The standard InChI is InChI=1S/C17H19NO/c1-3-9-15(14-10-5-4-6-11-14)18-16-12-7-8-13-17(16)19-2/h3-8,10-13,15,18H,1,9H2,2H3/t15-/m0/s1. The Balaban J connectivity index is 2.24. The van der Waals surface area contributed by atoms with Gasteiger partial charge in [0.15, 0.2) is 0 Å². The summed E-state index contributed by atoms with van der Waals surface area (Å²) < 4.78 is 5.37. The van der Waals surface area contributed by atoms with Gasteiger partial charge in [-0.3, -0.25) is 0 Å². The molecule has 1 atom stereocenters. The van der Waals surface area contributed by atoms with E-state index < -0.39 is 0 Å². The maximum Gasteiger partial charge on any atom is 0.141 e. The van der Waals surface area contributed by atoms with Crippen LogP contribution in [-0.2, 0) is 0 Å². The maximum absolute atomic E-state index is 5.37. The minimum Gasteiger partial charge on any atom is -0.495 e. The lowest BCUT2D eigenvalue weighted by Gasteiger charge is -2.20. The Labute approximate surface area is 114 Å². The predicted octanol–water partition coefficient (Wildman–Crippen LogP) is 4.42. The van der Waals surface area contributed by atoms with Crippen LogP contribution in [0, 0.1) is 0 Å². The molecule has 2 nitrogen and oxygen atoms in total. The minimum atomic E-state index is 0.204. The molecule has 0 fully saturated rings. The zero-order valence-electron chi connectivity index (χ0n) is 11.2. The number of ether oxygens (including phenoxy) is 1. The Kier molecular flexibility index (Phi) is 4.62. The first-order valence-corrected chi connectivity index (χ1v) is 6.40. The van der Waals surface area contributed by atoms with Gasteiger partial charge in [-0.2, -0.15) is 0 Å². The fourth-order valence-corrected chi connectivity index (χ4v) is 2.08. The molecule has 0 aliphatic heterocycles. The molecular weight excluding hydrogens is 234 g/mol. The quantitative estimate of drug-likeness (QED) is 0.769. The molecule has 0 unspecified atom stereocenters. The lowest BCUT2D eigenvalue weighted by atomic mass is 10.0. The van der Waals surface area contributed by atoms with Crippen molar-refractivity contribution in [2.45, 2.75) is 12.5 Å². The Hall–Kier alpha value is -2.22. The van der Waals surface area contributed by atoms with Crippen LogP contribution >= 0.6 is 0 Å². The van der Waals surface area contributed by atoms with Crippen molar-refractivity contribution in [3.8, 4) is 5.75 Å². The molecule has 0 radical (unpaired) electrons. The normalized spacial score (nSPS) is 11.6. The minimum absolute atomic E-state index is 0.204. The van der Waals surface area contributed by atoms with E-state index in [-0.39, 0.29) is 6.04 Å². The molecule has 1 N–H and O–H groups in total. The molecule has 2 rings (SSSR count). The molecule has 0 saturated heterocycles. The van der Waals surface area contributed by atoms with E-state index in [1.165, 1.54) is 5.56 Å². The molecule has 0 saturated carbocycles. The average molecular weight is 253 g/mol. The van der Waals surface area contributed by atoms with Crippen molar-refractivity contribution in [3.05, 3.63) is 72.8 Å². The molecule has 2 heteroatoms. The molecule has 19 heavy (non-hydrogen) atoms. The van der Waals surface area contributed by atoms with Crippen molar-refractivity contribution in [3.63, 3.8) is 0 Å². The summed E-state index contributed by atoms with van der Waals surface area (Å²) in [4.78, 5) is 0. The number of rotatable bonds is 6. The van der Waals surface area contributed by atoms with Crippen molar-refractivity contribution in [2.24, 2.45) is 0 Å². The highest BCUT2D eigenvalue weighted by atomic mass is 16.5. The molecule has 2 aromatic rings. The van der Waals surface area contributed by atoms with Crippen LogP contribution in [0.2, 0.25) is 0 Å². The van der Waals surface area contributed by atoms with Gasteiger partial charge < -0.3 is 10.1 Å². The largest absolute Gasteiger partial charge is 0.495 e. The molecule has 0 bridgehead atoms. The Morgan fingerprint density at radius 2 is 1.79 bits per heavy atom. The van der Waals surface area contributed by atoms with Crippen LogP contribution in [-0.4, -0.2) is 7.11 Å². The van der Waals surface area contributed by atoms with Crippen LogP contribution in [0.1, 0.15) is 18.0 Å². The van der Waals surface area contributed by atoms with Crippen LogP contribution in [0.3, 0.4) is 0 Å². The van der Waals surface area contributed by atoms with Gasteiger partial charge in [-0.25, -0.2) is 0 Å². The first-order chi connectivity index (χ1) is 9.35. The van der Waals surface area contributed by atoms with Crippen LogP contribution < -0.4 is 10.1 Å². The number of anilines is 1. The zero-order valence-corrected chi connectivity index (χ0v) is 11.2. The number of hydrogen-bond donors (Lipinski definition) is 1. The fourth-order valence-electron chi connectivity index (χ4n) is 2.08. The summed E-state index contributed by atoms with van der Waals surface area (Å²) >= 11 is 0. The van der Waals surface area contributed by atoms with E-state index in [1.807, 2.05) is 36.4 Å². The van der Waals surface area contributed by atoms with Crippen molar-refractivity contribution in [1.29, 1.82) is 0 Å². The maximum atomic E-state index is 5.37. The van der Waals surface area contributed by atoms with Gasteiger partial charge in [-0.05, 0) is 24.1 Å². The van der Waals surface area contributed by atoms with E-state index in [2.05, 4.69) is 36.2 Å². The van der Waals surface area contributed by atoms with E-state index in [4.69, 9.17) is 4.74 Å². The molecule has 0 aliphatic carbocycles. The average Bonchev–Trinajstić information content (AvgIpc) is 2.48. The van der Waals surface area contributed by atoms with Gasteiger partial charge >= 0.3 is 0 Å². The molecule has 0 aromatic heterocycles. The second-order valence-corrected chi connectivity index (χ2v) is 4.33. The number of benzene rings is 2. The molecule has 0 amide bonds. The third kappa shape index (κ3) is 3.38. The molecule has 2 aromatic carbocycles. The van der Waals surface area contributed by atoms with Crippen molar-refractivity contribution in [2.75, 3.05) is 12.4 Å². The van der Waals surface area contributed by atoms with Gasteiger partial charge in [0.1, 0.15) is 5.75 Å². The summed E-state index contributed by atoms with van der Waals surface area (Å²) in [5.74, 6) is 0.854. The van der Waals surface area contributed by atoms with Gasteiger partial charge in [0, 0.05) is 0 Å². The van der Waals surface area contributed by atoms with Crippen LogP contribution in [0.4, 0.5) is 5.69 Å². The number of hydrogen-bond acceptors (Lipinski definition) is 2. The topological polar surface area (TPSA) is 21.3 Å². The molecule has 0 heterocycles. The summed E-state index contributed by atoms with van der Waals surface area (Å²) in [6.07, 6.45) is 2.79. The summed E-state index contributed by atoms with van der Waals surface area (Å²) in [7, 11) is 1.69. The van der Waals surface area contributed by atoms with E-state index >= 15 is 0 Å². The first-order valence-electron chi connectivity index (χ1n) is 6.40. The van der Waals surface area contributed by atoms with Crippen molar-refractivity contribution in [1.82, 2.24) is 0 Å². The van der Waals surface area contributed by atoms with Gasteiger partial charge in [0.25, 0.3) is 0 Å². The zero-order chi connectivity index (χ0) is 13.5. The third-order valence-electron chi connectivity index (χ3n) is 3.04. The molecule has 98 valence electrons. The van der Waals surface area contributed by atoms with Crippen LogP contribution in [0.5, 0.6) is 5.75 Å². The Morgan fingerprint density at radius 1 is 1.11 bits per heavy atom. The third-order valence-corrected chi connectivity index (χ3v) is 3.04. The summed E-state index contributed by atoms with van der Waals surface area (Å²) in [5, 5.41) is 3.52. The highest BCUT2D eigenvalue weighted by molar-refractivity contribution is 5.57. The second-order valence-electron chi connectivity index (χ2n) is 4.33. The van der Waals surface area contributed by atoms with Crippen LogP contribution in [0.25, 0.3) is 0 Å². The van der Waals surface area contributed by atoms with Crippen molar-refractivity contribution >= 4 is 5.69 Å². The Morgan fingerprint density at radius 3 is 2.47 bits per heavy atom. The van der Waals surface area contributed by atoms with E-state index in [0.717, 1.165) is 17.9 Å². The van der Waals surface area contributed by atoms with E-state index in [1.54, 1.807) is 7.11 Å². The van der Waals surface area contributed by atoms with Crippen LogP contribution in [0.15, 0.2) is 67.3 Å². The SMILES string of the molecule is C=CC[C@H](Nc1ccccc1OC)c1ccccc1. The van der Waals surface area contributed by atoms with Crippen molar-refractivity contribution < 1.29 is 4.74 Å². The summed E-state index contributed by atoms with van der Waals surface area (Å²) in [6, 6.07) is 18.5. The fraction of sp³-hybridized carbons (Fsp3) is 0.176. The van der Waals surface area contributed by atoms with Gasteiger partial charge in [0.2, 0.25) is 0 Å². The predicted molar refractivity (Wildman–Crippen MR) is 80.6 cm³/mol. The Bertz CT molecular complexity index is 522. The van der Waals surface area contributed by atoms with Gasteiger partial charge in [0.05, 0.1) is 18.8 Å². The highest BCUT2D eigenvalue weighted by Gasteiger charge is 2.11. The lowest BCUT2D eigenvalue weighted by molar-refractivity contribution is 0.416.